The zero-order valence-electron chi connectivity index (χ0n) is 18.4. The summed E-state index contributed by atoms with van der Waals surface area (Å²) in [6, 6.07) is 21.4. The number of benzene rings is 2. The first-order valence-electron chi connectivity index (χ1n) is 10.7. The number of amides is 2. The number of pyridine rings is 2. The summed E-state index contributed by atoms with van der Waals surface area (Å²) in [5.74, 6) is 0.0174. The van der Waals surface area contributed by atoms with Crippen LogP contribution in [0.2, 0.25) is 0 Å². The average Bonchev–Trinajstić information content (AvgIpc) is 2.85. The maximum absolute atomic E-state index is 12.6. The number of rotatable bonds is 7. The monoisotopic (exact) mass is 453 g/mol. The standard InChI is InChI=1S/C26H23N5O3/c1-2-20-21(25(32)33)9-6-10-22(20)30-26(34)31-24-16-18(12-14-28-24)17-11-13-27-23(15-17)29-19-7-4-3-5-8-19/h3-16H,2H2,1H3,(H,27,29)(H,32,33)(H2,28,30,31,34). The highest BCUT2D eigenvalue weighted by molar-refractivity contribution is 6.01. The Balaban J connectivity index is 1.49. The molecule has 4 N–H and O–H groups in total. The van der Waals surface area contributed by atoms with Crippen molar-refractivity contribution in [3.05, 3.63) is 96.3 Å². The Hall–Kier alpha value is -4.72. The molecule has 0 spiro atoms. The Morgan fingerprint density at radius 1 is 0.824 bits per heavy atom. The Morgan fingerprint density at radius 2 is 1.50 bits per heavy atom. The molecule has 0 aliphatic heterocycles. The van der Waals surface area contributed by atoms with Gasteiger partial charge in [0.1, 0.15) is 11.6 Å². The van der Waals surface area contributed by atoms with E-state index in [1.165, 1.54) is 6.07 Å². The van der Waals surface area contributed by atoms with Crippen molar-refractivity contribution in [1.82, 2.24) is 9.97 Å². The van der Waals surface area contributed by atoms with Gasteiger partial charge in [-0.15, -0.1) is 0 Å². The number of hydrogen-bond acceptors (Lipinski definition) is 5. The molecule has 170 valence electrons. The predicted molar refractivity (Wildman–Crippen MR) is 133 cm³/mol. The van der Waals surface area contributed by atoms with Crippen LogP contribution in [0.1, 0.15) is 22.8 Å². The molecule has 0 unspecified atom stereocenters. The molecule has 8 nitrogen and oxygen atoms in total. The van der Waals surface area contributed by atoms with Crippen LogP contribution >= 0.6 is 0 Å². The van der Waals surface area contributed by atoms with Crippen molar-refractivity contribution in [3.8, 4) is 11.1 Å². The van der Waals surface area contributed by atoms with Crippen LogP contribution in [-0.4, -0.2) is 27.1 Å². The SMILES string of the molecule is CCc1c(NC(=O)Nc2cc(-c3ccnc(Nc4ccccc4)c3)ccn2)cccc1C(=O)O. The molecule has 4 aromatic rings. The number of hydrogen-bond donors (Lipinski definition) is 4. The summed E-state index contributed by atoms with van der Waals surface area (Å²) in [6.45, 7) is 1.84. The summed E-state index contributed by atoms with van der Waals surface area (Å²) in [5, 5.41) is 18.1. The van der Waals surface area contributed by atoms with E-state index in [2.05, 4.69) is 25.9 Å². The van der Waals surface area contributed by atoms with Gasteiger partial charge < -0.3 is 15.7 Å². The molecule has 0 fully saturated rings. The van der Waals surface area contributed by atoms with E-state index in [0.29, 0.717) is 29.3 Å². The minimum Gasteiger partial charge on any atom is -0.478 e. The van der Waals surface area contributed by atoms with Gasteiger partial charge in [0.15, 0.2) is 0 Å². The fourth-order valence-corrected chi connectivity index (χ4v) is 3.58. The predicted octanol–water partition coefficient (Wildman–Crippen LogP) is 5.79. The summed E-state index contributed by atoms with van der Waals surface area (Å²) in [4.78, 5) is 32.7. The maximum atomic E-state index is 12.6. The normalized spacial score (nSPS) is 10.4. The van der Waals surface area contributed by atoms with Gasteiger partial charge in [0.05, 0.1) is 5.56 Å². The molecule has 0 atom stereocenters. The van der Waals surface area contributed by atoms with Gasteiger partial charge in [-0.2, -0.15) is 0 Å². The first kappa shape index (κ1) is 22.5. The third-order valence-electron chi connectivity index (χ3n) is 5.15. The van der Waals surface area contributed by atoms with Gasteiger partial charge in [0.2, 0.25) is 0 Å². The zero-order chi connectivity index (χ0) is 23.9. The first-order valence-corrected chi connectivity index (χ1v) is 10.7. The van der Waals surface area contributed by atoms with Gasteiger partial charge in [-0.25, -0.2) is 19.6 Å². The molecule has 8 heteroatoms. The van der Waals surface area contributed by atoms with E-state index in [9.17, 15) is 14.7 Å². The summed E-state index contributed by atoms with van der Waals surface area (Å²) in [5.41, 5.74) is 3.86. The molecular weight excluding hydrogens is 430 g/mol. The lowest BCUT2D eigenvalue weighted by atomic mass is 10.0. The van der Waals surface area contributed by atoms with E-state index in [4.69, 9.17) is 0 Å². The van der Waals surface area contributed by atoms with Crippen LogP contribution in [0.15, 0.2) is 85.2 Å². The average molecular weight is 454 g/mol. The number of carbonyl (C=O) groups is 2. The molecule has 0 saturated heterocycles. The van der Waals surface area contributed by atoms with E-state index < -0.39 is 12.0 Å². The van der Waals surface area contributed by atoms with Crippen LogP contribution in [0.3, 0.4) is 0 Å². The van der Waals surface area contributed by atoms with E-state index >= 15 is 0 Å². The molecule has 2 heterocycles. The highest BCUT2D eigenvalue weighted by Crippen LogP contribution is 2.25. The number of nitrogens with one attached hydrogen (secondary N) is 3. The number of urea groups is 1. The zero-order valence-corrected chi connectivity index (χ0v) is 18.4. The highest BCUT2D eigenvalue weighted by atomic mass is 16.4. The molecule has 0 radical (unpaired) electrons. The van der Waals surface area contributed by atoms with E-state index in [1.54, 1.807) is 30.6 Å². The van der Waals surface area contributed by atoms with E-state index in [0.717, 1.165) is 16.8 Å². The van der Waals surface area contributed by atoms with Crippen LogP contribution < -0.4 is 16.0 Å². The van der Waals surface area contributed by atoms with Crippen molar-refractivity contribution in [2.75, 3.05) is 16.0 Å². The summed E-state index contributed by atoms with van der Waals surface area (Å²) >= 11 is 0. The molecule has 4 rings (SSSR count). The summed E-state index contributed by atoms with van der Waals surface area (Å²) < 4.78 is 0. The Morgan fingerprint density at radius 3 is 2.18 bits per heavy atom. The molecule has 0 saturated carbocycles. The number of carboxylic acids is 1. The lowest BCUT2D eigenvalue weighted by Crippen LogP contribution is -2.21. The molecule has 2 amide bonds. The topological polar surface area (TPSA) is 116 Å². The highest BCUT2D eigenvalue weighted by Gasteiger charge is 2.14. The van der Waals surface area contributed by atoms with Gasteiger partial charge in [-0.3, -0.25) is 5.32 Å². The number of aromatic carboxylic acids is 1. The second kappa shape index (κ2) is 10.3. The van der Waals surface area contributed by atoms with Gasteiger partial charge in [-0.1, -0.05) is 31.2 Å². The lowest BCUT2D eigenvalue weighted by molar-refractivity contribution is 0.0695. The van der Waals surface area contributed by atoms with Crippen LogP contribution in [0, 0.1) is 0 Å². The molecule has 2 aromatic heterocycles. The van der Waals surface area contributed by atoms with E-state index in [-0.39, 0.29) is 5.56 Å². The quantitative estimate of drug-likeness (QED) is 0.281. The van der Waals surface area contributed by atoms with Gasteiger partial charge >= 0.3 is 12.0 Å². The third kappa shape index (κ3) is 5.36. The van der Waals surface area contributed by atoms with Crippen LogP contribution in [0.4, 0.5) is 27.8 Å². The number of nitrogens with zero attached hydrogens (tertiary/aromatic N) is 2. The van der Waals surface area contributed by atoms with Crippen molar-refractivity contribution in [2.24, 2.45) is 0 Å². The van der Waals surface area contributed by atoms with Crippen LogP contribution in [0.25, 0.3) is 11.1 Å². The van der Waals surface area contributed by atoms with Crippen molar-refractivity contribution >= 4 is 35.0 Å². The van der Waals surface area contributed by atoms with Crippen molar-refractivity contribution in [1.29, 1.82) is 0 Å². The number of aromatic nitrogens is 2. The Labute approximate surface area is 196 Å². The van der Waals surface area contributed by atoms with Crippen molar-refractivity contribution in [2.45, 2.75) is 13.3 Å². The summed E-state index contributed by atoms with van der Waals surface area (Å²) in [6.07, 6.45) is 3.79. The smallest absolute Gasteiger partial charge is 0.336 e. The molecule has 2 aromatic carbocycles. The van der Waals surface area contributed by atoms with Crippen molar-refractivity contribution in [3.63, 3.8) is 0 Å². The minimum atomic E-state index is -1.03. The Bertz CT molecular complexity index is 1330. The lowest BCUT2D eigenvalue weighted by Gasteiger charge is -2.13. The Kier molecular flexibility index (Phi) is 6.78. The largest absolute Gasteiger partial charge is 0.478 e. The molecule has 0 aliphatic carbocycles. The fraction of sp³-hybridized carbons (Fsp3) is 0.0769. The molecular formula is C26H23N5O3. The number of anilines is 4. The third-order valence-corrected chi connectivity index (χ3v) is 5.15. The minimum absolute atomic E-state index is 0.165. The maximum Gasteiger partial charge on any atom is 0.336 e. The number of para-hydroxylation sites is 1. The summed E-state index contributed by atoms with van der Waals surface area (Å²) in [7, 11) is 0. The molecule has 34 heavy (non-hydrogen) atoms. The second-order valence-electron chi connectivity index (χ2n) is 7.42. The molecule has 0 aliphatic rings. The van der Waals surface area contributed by atoms with Gasteiger partial charge in [0, 0.05) is 23.8 Å². The van der Waals surface area contributed by atoms with Crippen LogP contribution in [-0.2, 0) is 6.42 Å². The number of carboxylic acid groups (broad SMARTS) is 1. The van der Waals surface area contributed by atoms with E-state index in [1.807, 2.05) is 55.5 Å². The molecule has 0 bridgehead atoms. The number of carbonyl (C=O) groups excluding carboxylic acids is 1. The fourth-order valence-electron chi connectivity index (χ4n) is 3.58. The van der Waals surface area contributed by atoms with Crippen LogP contribution in [0.5, 0.6) is 0 Å². The van der Waals surface area contributed by atoms with Gasteiger partial charge in [-0.05, 0) is 71.6 Å². The van der Waals surface area contributed by atoms with Gasteiger partial charge in [0.25, 0.3) is 0 Å². The first-order chi connectivity index (χ1) is 16.5. The second-order valence-corrected chi connectivity index (χ2v) is 7.42. The van der Waals surface area contributed by atoms with Crippen molar-refractivity contribution < 1.29 is 14.7 Å².